The molecule has 0 saturated carbocycles. The first-order chi connectivity index (χ1) is 10.1. The molecular formula is C15H17ClN2O3. The average molecular weight is 309 g/mol. The van der Waals surface area contributed by atoms with Crippen LogP contribution in [0.15, 0.2) is 30.5 Å². The van der Waals surface area contributed by atoms with Gasteiger partial charge >= 0.3 is 5.97 Å². The molecule has 1 amide bonds. The summed E-state index contributed by atoms with van der Waals surface area (Å²) in [4.78, 5) is 22.2. The fourth-order valence-corrected chi connectivity index (χ4v) is 2.30. The quantitative estimate of drug-likeness (QED) is 0.772. The van der Waals surface area contributed by atoms with Gasteiger partial charge in [-0.05, 0) is 36.4 Å². The van der Waals surface area contributed by atoms with Crippen LogP contribution in [0.4, 0.5) is 0 Å². The molecule has 5 nitrogen and oxygen atoms in total. The number of fused-ring (bicyclic) bond motifs is 1. The lowest BCUT2D eigenvalue weighted by molar-refractivity contribution is -0.137. The van der Waals surface area contributed by atoms with Crippen molar-refractivity contribution in [1.82, 2.24) is 9.88 Å². The van der Waals surface area contributed by atoms with E-state index in [1.807, 2.05) is 35.0 Å². The maximum atomic E-state index is 11.9. The number of carboxylic acids is 1. The number of carbonyl (C=O) groups is 2. The van der Waals surface area contributed by atoms with E-state index in [1.165, 1.54) is 0 Å². The molecule has 0 radical (unpaired) electrons. The van der Waals surface area contributed by atoms with Crippen LogP contribution in [0.5, 0.6) is 0 Å². The summed E-state index contributed by atoms with van der Waals surface area (Å²) in [6, 6.07) is 7.50. The van der Waals surface area contributed by atoms with Crippen LogP contribution in [-0.2, 0) is 16.1 Å². The summed E-state index contributed by atoms with van der Waals surface area (Å²) in [6.45, 7) is 0.717. The van der Waals surface area contributed by atoms with Crippen molar-refractivity contribution in [3.63, 3.8) is 0 Å². The lowest BCUT2D eigenvalue weighted by Gasteiger charge is -2.07. The summed E-state index contributed by atoms with van der Waals surface area (Å²) < 4.78 is 1.84. The predicted octanol–water partition coefficient (Wildman–Crippen LogP) is 2.67. The van der Waals surface area contributed by atoms with Gasteiger partial charge in [0.1, 0.15) is 6.54 Å². The Labute approximate surface area is 127 Å². The fraction of sp³-hybridized carbons (Fsp3) is 0.333. The summed E-state index contributed by atoms with van der Waals surface area (Å²) in [5.74, 6) is -0.903. The van der Waals surface area contributed by atoms with Crippen molar-refractivity contribution in [3.05, 3.63) is 35.5 Å². The molecular weight excluding hydrogens is 292 g/mol. The fourth-order valence-electron chi connectivity index (χ4n) is 2.13. The van der Waals surface area contributed by atoms with Gasteiger partial charge in [-0.1, -0.05) is 17.7 Å². The zero-order chi connectivity index (χ0) is 15.2. The Kier molecular flexibility index (Phi) is 5.22. The number of nitrogens with one attached hydrogen (secondary N) is 1. The van der Waals surface area contributed by atoms with Crippen molar-refractivity contribution in [2.75, 3.05) is 6.54 Å². The molecule has 0 aliphatic heterocycles. The molecule has 112 valence electrons. The monoisotopic (exact) mass is 308 g/mol. The molecule has 0 fully saturated rings. The molecule has 21 heavy (non-hydrogen) atoms. The topological polar surface area (TPSA) is 71.3 Å². The third-order valence-corrected chi connectivity index (χ3v) is 3.42. The highest BCUT2D eigenvalue weighted by Crippen LogP contribution is 2.20. The largest absolute Gasteiger partial charge is 0.481 e. The maximum absolute atomic E-state index is 11.9. The number of benzene rings is 1. The zero-order valence-electron chi connectivity index (χ0n) is 11.5. The Hall–Kier alpha value is -2.01. The van der Waals surface area contributed by atoms with Gasteiger partial charge in [-0.15, -0.1) is 0 Å². The summed E-state index contributed by atoms with van der Waals surface area (Å²) in [6.07, 6.45) is 3.22. The number of rotatable bonds is 7. The van der Waals surface area contributed by atoms with Crippen molar-refractivity contribution in [2.45, 2.75) is 25.8 Å². The first-order valence-corrected chi connectivity index (χ1v) is 7.17. The second-order valence-corrected chi connectivity index (χ2v) is 5.28. The Balaban J connectivity index is 1.84. The van der Waals surface area contributed by atoms with Crippen LogP contribution in [0, 0.1) is 0 Å². The molecule has 1 aromatic heterocycles. The first-order valence-electron chi connectivity index (χ1n) is 6.79. The van der Waals surface area contributed by atoms with Gasteiger partial charge in [-0.2, -0.15) is 0 Å². The molecule has 2 rings (SSSR count). The van der Waals surface area contributed by atoms with Crippen LogP contribution in [0.25, 0.3) is 10.9 Å². The van der Waals surface area contributed by atoms with Gasteiger partial charge in [0.25, 0.3) is 0 Å². The molecule has 1 heterocycles. The highest BCUT2D eigenvalue weighted by atomic mass is 35.5. The Morgan fingerprint density at radius 1 is 1.24 bits per heavy atom. The molecule has 2 aromatic rings. The normalized spacial score (nSPS) is 10.7. The molecule has 0 aliphatic carbocycles. The molecule has 0 saturated heterocycles. The number of hydrogen-bond donors (Lipinski definition) is 2. The number of aliphatic carboxylic acids is 1. The summed E-state index contributed by atoms with van der Waals surface area (Å²) in [7, 11) is 0. The van der Waals surface area contributed by atoms with E-state index in [1.54, 1.807) is 0 Å². The van der Waals surface area contributed by atoms with Gasteiger partial charge in [-0.25, -0.2) is 0 Å². The van der Waals surface area contributed by atoms with Crippen LogP contribution in [0.2, 0.25) is 5.02 Å². The standard InChI is InChI=1S/C15H17ClN2O3/c16-12-5-4-11-6-8-18(13(11)9-12)10-14(19)17-7-2-1-3-15(20)21/h4-6,8-9H,1-3,7,10H2,(H,17,19)(H,20,21). The number of aromatic nitrogens is 1. The van der Waals surface area contributed by atoms with Crippen LogP contribution in [0.1, 0.15) is 19.3 Å². The first kappa shape index (κ1) is 15.4. The highest BCUT2D eigenvalue weighted by Gasteiger charge is 2.06. The number of carbonyl (C=O) groups excluding carboxylic acids is 1. The van der Waals surface area contributed by atoms with Gasteiger partial charge in [0.05, 0.1) is 0 Å². The summed E-state index contributed by atoms with van der Waals surface area (Å²) >= 11 is 5.97. The van der Waals surface area contributed by atoms with E-state index in [4.69, 9.17) is 16.7 Å². The van der Waals surface area contributed by atoms with Crippen LogP contribution >= 0.6 is 11.6 Å². The predicted molar refractivity (Wildman–Crippen MR) is 81.4 cm³/mol. The molecule has 0 aliphatic rings. The Morgan fingerprint density at radius 2 is 2.05 bits per heavy atom. The van der Waals surface area contributed by atoms with Gasteiger partial charge in [-0.3, -0.25) is 9.59 Å². The van der Waals surface area contributed by atoms with Crippen LogP contribution < -0.4 is 5.32 Å². The maximum Gasteiger partial charge on any atom is 0.303 e. The van der Waals surface area contributed by atoms with Gasteiger partial charge in [0.2, 0.25) is 5.91 Å². The van der Waals surface area contributed by atoms with Crippen molar-refractivity contribution >= 4 is 34.4 Å². The zero-order valence-corrected chi connectivity index (χ0v) is 12.3. The van der Waals surface area contributed by atoms with Crippen molar-refractivity contribution in [3.8, 4) is 0 Å². The molecule has 0 bridgehead atoms. The SMILES string of the molecule is O=C(O)CCCCNC(=O)Cn1ccc2ccc(Cl)cc21. The summed E-state index contributed by atoms with van der Waals surface area (Å²) in [5.41, 5.74) is 0.920. The van der Waals surface area contributed by atoms with Crippen LogP contribution in [0.3, 0.4) is 0 Å². The lowest BCUT2D eigenvalue weighted by atomic mass is 10.2. The molecule has 0 spiro atoms. The number of carboxylic acid groups (broad SMARTS) is 1. The number of unbranched alkanes of at least 4 members (excludes halogenated alkanes) is 1. The van der Waals surface area contributed by atoms with Gasteiger partial charge < -0.3 is 15.0 Å². The number of nitrogens with zero attached hydrogens (tertiary/aromatic N) is 1. The van der Waals surface area contributed by atoms with Gasteiger partial charge in [0, 0.05) is 29.7 Å². The summed E-state index contributed by atoms with van der Waals surface area (Å²) in [5, 5.41) is 13.0. The second-order valence-electron chi connectivity index (χ2n) is 4.85. The van der Waals surface area contributed by atoms with E-state index >= 15 is 0 Å². The van der Waals surface area contributed by atoms with Crippen LogP contribution in [-0.4, -0.2) is 28.1 Å². The minimum atomic E-state index is -0.808. The smallest absolute Gasteiger partial charge is 0.303 e. The van der Waals surface area contributed by atoms with E-state index in [0.29, 0.717) is 24.4 Å². The lowest BCUT2D eigenvalue weighted by Crippen LogP contribution is -2.28. The van der Waals surface area contributed by atoms with E-state index in [9.17, 15) is 9.59 Å². The van der Waals surface area contributed by atoms with Crippen molar-refractivity contribution < 1.29 is 14.7 Å². The number of amides is 1. The Morgan fingerprint density at radius 3 is 2.81 bits per heavy atom. The molecule has 0 unspecified atom stereocenters. The second kappa shape index (κ2) is 7.13. The van der Waals surface area contributed by atoms with Crippen molar-refractivity contribution in [1.29, 1.82) is 0 Å². The van der Waals surface area contributed by atoms with E-state index in [0.717, 1.165) is 10.9 Å². The number of halogens is 1. The van der Waals surface area contributed by atoms with E-state index < -0.39 is 5.97 Å². The molecule has 2 N–H and O–H groups in total. The third-order valence-electron chi connectivity index (χ3n) is 3.19. The number of hydrogen-bond acceptors (Lipinski definition) is 2. The minimum absolute atomic E-state index is 0.0946. The molecule has 6 heteroatoms. The minimum Gasteiger partial charge on any atom is -0.481 e. The van der Waals surface area contributed by atoms with Crippen molar-refractivity contribution in [2.24, 2.45) is 0 Å². The average Bonchev–Trinajstić information content (AvgIpc) is 2.80. The van der Waals surface area contributed by atoms with E-state index in [2.05, 4.69) is 5.32 Å². The molecule has 0 atom stereocenters. The van der Waals surface area contributed by atoms with E-state index in [-0.39, 0.29) is 18.9 Å². The Bertz CT molecular complexity index is 651. The molecule has 1 aromatic carbocycles. The third kappa shape index (κ3) is 4.49. The van der Waals surface area contributed by atoms with Gasteiger partial charge in [0.15, 0.2) is 0 Å². The highest BCUT2D eigenvalue weighted by molar-refractivity contribution is 6.31.